The van der Waals surface area contributed by atoms with Crippen LogP contribution in [0.25, 0.3) is 21.8 Å². The van der Waals surface area contributed by atoms with Crippen LogP contribution in [0.4, 0.5) is 0 Å². The Bertz CT molecular complexity index is 1650. The van der Waals surface area contributed by atoms with Crippen LogP contribution in [0.3, 0.4) is 0 Å². The van der Waals surface area contributed by atoms with Crippen LogP contribution >= 0.6 is 23.4 Å². The summed E-state index contributed by atoms with van der Waals surface area (Å²) >= 11 is 7.62. The molecule has 0 fully saturated rings. The number of thioether (sulfide) groups is 1. The fourth-order valence-corrected chi connectivity index (χ4v) is 5.86. The second kappa shape index (κ2) is 12.1. The second-order valence-electron chi connectivity index (χ2n) is 9.17. The molecule has 0 aliphatic heterocycles. The molecule has 0 aliphatic carbocycles. The van der Waals surface area contributed by atoms with E-state index in [2.05, 4.69) is 16.6 Å². The van der Waals surface area contributed by atoms with E-state index < -0.39 is 6.10 Å². The summed E-state index contributed by atoms with van der Waals surface area (Å²) in [5, 5.41) is 17.8. The lowest BCUT2D eigenvalue weighted by Crippen LogP contribution is -2.16. The van der Waals surface area contributed by atoms with Crippen LogP contribution in [0, 0.1) is 0 Å². The van der Waals surface area contributed by atoms with Gasteiger partial charge in [-0.3, -0.25) is 4.79 Å². The highest BCUT2D eigenvalue weighted by Gasteiger charge is 2.19. The first-order valence-corrected chi connectivity index (χ1v) is 14.2. The van der Waals surface area contributed by atoms with Gasteiger partial charge in [0.15, 0.2) is 0 Å². The molecule has 7 heteroatoms. The largest absolute Gasteiger partial charge is 0.399 e. The van der Waals surface area contributed by atoms with E-state index in [-0.39, 0.29) is 5.78 Å². The van der Waals surface area contributed by atoms with Crippen molar-refractivity contribution < 1.29 is 14.7 Å². The Balaban J connectivity index is 1.46. The number of carbonyl (C=O) groups is 1. The minimum atomic E-state index is -0.737. The molecule has 198 valence electrons. The Kier molecular flexibility index (Phi) is 8.36. The van der Waals surface area contributed by atoms with Crippen LogP contribution in [0.5, 0.6) is 0 Å². The summed E-state index contributed by atoms with van der Waals surface area (Å²) in [6, 6.07) is 29.1. The molecule has 5 aromatic rings. The summed E-state index contributed by atoms with van der Waals surface area (Å²) in [6.07, 6.45) is -0.277. The first kappa shape index (κ1) is 27.0. The predicted molar refractivity (Wildman–Crippen MR) is 161 cm³/mol. The van der Waals surface area contributed by atoms with Gasteiger partial charge in [-0.05, 0) is 72.6 Å². The number of hydrogen-bond acceptors (Lipinski definition) is 5. The Morgan fingerprint density at radius 3 is 2.33 bits per heavy atom. The average molecular weight is 557 g/mol. The highest BCUT2D eigenvalue weighted by molar-refractivity contribution is 7.99. The lowest BCUT2D eigenvalue weighted by Gasteiger charge is -2.12. The van der Waals surface area contributed by atoms with E-state index in [0.29, 0.717) is 28.5 Å². The first-order chi connectivity index (χ1) is 19.0. The van der Waals surface area contributed by atoms with Gasteiger partial charge in [0.2, 0.25) is 5.78 Å². The van der Waals surface area contributed by atoms with Gasteiger partial charge in [0, 0.05) is 56.0 Å². The molecule has 1 heterocycles. The molecule has 0 radical (unpaired) electrons. The molecule has 1 aromatic heterocycles. The summed E-state index contributed by atoms with van der Waals surface area (Å²) < 4.78 is 2.23. The van der Waals surface area contributed by atoms with Crippen molar-refractivity contribution in [3.63, 3.8) is 0 Å². The summed E-state index contributed by atoms with van der Waals surface area (Å²) in [5.41, 5.74) is 4.67. The molecule has 1 N–H and O–H groups in total. The number of aliphatic hydroxyl groups excluding tert-OH is 1. The fraction of sp³-hybridized carbons (Fsp3) is 0.188. The van der Waals surface area contributed by atoms with Crippen molar-refractivity contribution in [3.8, 4) is 0 Å². The number of oxime groups is 1. The molecule has 0 bridgehead atoms. The number of rotatable bonds is 10. The molecule has 5 nitrogen and oxygen atoms in total. The number of aryl methyl sites for hydroxylation is 1. The Morgan fingerprint density at radius 1 is 0.949 bits per heavy atom. The number of fused-ring (bicyclic) bond motifs is 3. The molecule has 5 rings (SSSR count). The molecular weight excluding hydrogens is 528 g/mol. The SMILES string of the molecule is CCn1c2ccc(C(=O)/C(CCSc3ccc(Cl)cc3)=N/OC)cc2c2cc(C(O)c3ccccc3)ccc21. The number of hydrogen-bond donors (Lipinski definition) is 1. The number of aromatic nitrogens is 1. The maximum absolute atomic E-state index is 13.6. The van der Waals surface area contributed by atoms with Gasteiger partial charge in [0.25, 0.3) is 0 Å². The number of nitrogens with zero attached hydrogens (tertiary/aromatic N) is 2. The monoisotopic (exact) mass is 556 g/mol. The van der Waals surface area contributed by atoms with E-state index in [9.17, 15) is 9.90 Å². The maximum Gasteiger partial charge on any atom is 0.210 e. The number of ketones is 1. The van der Waals surface area contributed by atoms with E-state index in [1.54, 1.807) is 11.8 Å². The fourth-order valence-electron chi connectivity index (χ4n) is 4.88. The summed E-state index contributed by atoms with van der Waals surface area (Å²) in [5.74, 6) is 0.515. The van der Waals surface area contributed by atoms with Gasteiger partial charge in [-0.15, -0.1) is 11.8 Å². The van der Waals surface area contributed by atoms with Gasteiger partial charge < -0.3 is 14.5 Å². The van der Waals surface area contributed by atoms with Gasteiger partial charge in [0.05, 0.1) is 0 Å². The number of Topliss-reactive ketones (excluding diaryl/α,β-unsaturated/α-hetero) is 1. The topological polar surface area (TPSA) is 63.8 Å². The molecule has 0 aliphatic rings. The quantitative estimate of drug-likeness (QED) is 0.0821. The van der Waals surface area contributed by atoms with Crippen molar-refractivity contribution in [2.24, 2.45) is 5.16 Å². The molecule has 0 saturated carbocycles. The minimum absolute atomic E-state index is 0.159. The van der Waals surface area contributed by atoms with Gasteiger partial charge in [-0.1, -0.05) is 53.2 Å². The van der Waals surface area contributed by atoms with Crippen molar-refractivity contribution in [1.29, 1.82) is 0 Å². The predicted octanol–water partition coefficient (Wildman–Crippen LogP) is 7.92. The van der Waals surface area contributed by atoms with Crippen molar-refractivity contribution in [2.45, 2.75) is 30.9 Å². The van der Waals surface area contributed by atoms with Gasteiger partial charge in [-0.25, -0.2) is 0 Å². The third kappa shape index (κ3) is 5.74. The molecule has 1 atom stereocenters. The van der Waals surface area contributed by atoms with E-state index in [4.69, 9.17) is 16.4 Å². The highest BCUT2D eigenvalue weighted by Crippen LogP contribution is 2.33. The van der Waals surface area contributed by atoms with Crippen LogP contribution in [-0.4, -0.2) is 34.0 Å². The normalized spacial score (nSPS) is 12.7. The summed E-state index contributed by atoms with van der Waals surface area (Å²) in [4.78, 5) is 19.7. The van der Waals surface area contributed by atoms with Crippen LogP contribution in [0.2, 0.25) is 5.02 Å². The lowest BCUT2D eigenvalue weighted by molar-refractivity contribution is 0.105. The second-order valence-corrected chi connectivity index (χ2v) is 10.8. The Morgan fingerprint density at radius 2 is 1.64 bits per heavy atom. The van der Waals surface area contributed by atoms with Crippen molar-refractivity contribution in [3.05, 3.63) is 113 Å². The molecule has 0 spiro atoms. The standard InChI is InChI=1S/C32H29ClN2O3S/c1-3-35-29-15-9-22(31(36)21-7-5-4-6-8-21)19-26(29)27-20-23(10-16-30(27)35)32(37)28(34-38-2)17-18-39-25-13-11-24(33)12-14-25/h4-16,19-20,31,36H,3,17-18H2,1-2H3/b34-28+. The smallest absolute Gasteiger partial charge is 0.210 e. The lowest BCUT2D eigenvalue weighted by atomic mass is 9.98. The third-order valence-corrected chi connectivity index (χ3v) is 8.05. The molecular formula is C32H29ClN2O3S. The summed E-state index contributed by atoms with van der Waals surface area (Å²) in [6.45, 7) is 2.89. The van der Waals surface area contributed by atoms with Crippen molar-refractivity contribution in [2.75, 3.05) is 12.9 Å². The first-order valence-electron chi connectivity index (χ1n) is 12.8. The Hall–Kier alpha value is -3.58. The zero-order chi connectivity index (χ0) is 27.4. The van der Waals surface area contributed by atoms with Gasteiger partial charge in [0.1, 0.15) is 18.9 Å². The zero-order valence-corrected chi connectivity index (χ0v) is 23.4. The van der Waals surface area contributed by atoms with Crippen LogP contribution < -0.4 is 0 Å². The number of carbonyl (C=O) groups excluding carboxylic acids is 1. The maximum atomic E-state index is 13.6. The average Bonchev–Trinajstić information content (AvgIpc) is 3.29. The minimum Gasteiger partial charge on any atom is -0.399 e. The zero-order valence-electron chi connectivity index (χ0n) is 21.8. The van der Waals surface area contributed by atoms with Gasteiger partial charge in [-0.2, -0.15) is 0 Å². The summed E-state index contributed by atoms with van der Waals surface area (Å²) in [7, 11) is 1.46. The van der Waals surface area contributed by atoms with E-state index >= 15 is 0 Å². The van der Waals surface area contributed by atoms with Crippen molar-refractivity contribution >= 4 is 56.7 Å². The van der Waals surface area contributed by atoms with E-state index in [1.165, 1.54) is 7.11 Å². The van der Waals surface area contributed by atoms with Gasteiger partial charge >= 0.3 is 0 Å². The van der Waals surface area contributed by atoms with Crippen molar-refractivity contribution in [1.82, 2.24) is 4.57 Å². The van der Waals surface area contributed by atoms with Crippen LogP contribution in [0.15, 0.2) is 101 Å². The Labute approximate surface area is 237 Å². The molecule has 39 heavy (non-hydrogen) atoms. The number of benzene rings is 4. The van der Waals surface area contributed by atoms with E-state index in [0.717, 1.165) is 44.4 Å². The van der Waals surface area contributed by atoms with E-state index in [1.807, 2.05) is 91.0 Å². The number of halogens is 1. The molecule has 0 saturated heterocycles. The molecule has 1 unspecified atom stereocenters. The van der Waals surface area contributed by atoms with Crippen LogP contribution in [-0.2, 0) is 11.4 Å². The molecule has 4 aromatic carbocycles. The van der Waals surface area contributed by atoms with Crippen LogP contribution in [0.1, 0.15) is 40.9 Å². The third-order valence-electron chi connectivity index (χ3n) is 6.78. The highest BCUT2D eigenvalue weighted by atomic mass is 35.5. The number of aliphatic hydroxyl groups is 1. The molecule has 0 amide bonds.